The molecule has 9 heteroatoms. The monoisotopic (exact) mass is 387 g/mol. The van der Waals surface area contributed by atoms with Crippen LogP contribution < -0.4 is 5.59 Å². The van der Waals surface area contributed by atoms with Gasteiger partial charge in [0.15, 0.2) is 12.9 Å². The van der Waals surface area contributed by atoms with Crippen molar-refractivity contribution in [1.82, 2.24) is 24.1 Å². The van der Waals surface area contributed by atoms with E-state index in [1.54, 1.807) is 11.8 Å². The summed E-state index contributed by atoms with van der Waals surface area (Å²) in [4.78, 5) is 9.23. The molecule has 0 aliphatic heterocycles. The fraction of sp³-hybridized carbons (Fsp3) is 0.471. The summed E-state index contributed by atoms with van der Waals surface area (Å²) in [5.41, 5.74) is 4.01. The van der Waals surface area contributed by atoms with Crippen LogP contribution in [0.5, 0.6) is 0 Å². The molecule has 3 aromatic rings. The Labute approximate surface area is 160 Å². The van der Waals surface area contributed by atoms with Crippen LogP contribution in [0, 0.1) is 0 Å². The highest BCUT2D eigenvalue weighted by atomic mass is 32.2. The summed E-state index contributed by atoms with van der Waals surface area (Å²) in [6, 6.07) is 1.17. The van der Waals surface area contributed by atoms with Gasteiger partial charge < -0.3 is 4.74 Å². The maximum Gasteiger partial charge on any atom is 0.181 e. The van der Waals surface area contributed by atoms with Gasteiger partial charge in [0, 0.05) is 38.2 Å². The summed E-state index contributed by atoms with van der Waals surface area (Å²) in [7, 11) is -0.163. The Kier molecular flexibility index (Phi) is 5.89. The highest BCUT2D eigenvalue weighted by Gasteiger charge is 2.14. The lowest BCUT2D eigenvalue weighted by Crippen LogP contribution is -2.22. The number of hydrogen-bond donors (Lipinski definition) is 0. The number of imidazole rings is 1. The summed E-state index contributed by atoms with van der Waals surface area (Å²) >= 11 is 1.63. The third kappa shape index (κ3) is 4.39. The maximum atomic E-state index is 5.79. The van der Waals surface area contributed by atoms with Crippen LogP contribution in [-0.4, -0.2) is 52.4 Å². The van der Waals surface area contributed by atoms with Gasteiger partial charge in [0.25, 0.3) is 0 Å². The van der Waals surface area contributed by atoms with E-state index in [2.05, 4.69) is 52.1 Å². The summed E-state index contributed by atoms with van der Waals surface area (Å²) in [5, 5.41) is 5.40. The molecule has 0 aromatic carbocycles. The van der Waals surface area contributed by atoms with Crippen LogP contribution in [0.25, 0.3) is 16.9 Å². The van der Waals surface area contributed by atoms with Gasteiger partial charge in [0.2, 0.25) is 0 Å². The zero-order valence-corrected chi connectivity index (χ0v) is 18.0. The molecule has 138 valence electrons. The molecular weight excluding hydrogens is 361 g/mol. The van der Waals surface area contributed by atoms with Gasteiger partial charge in [0.1, 0.15) is 11.8 Å². The predicted octanol–water partition coefficient (Wildman–Crippen LogP) is 2.74. The molecule has 0 spiro atoms. The molecule has 3 rings (SSSR count). The summed E-state index contributed by atoms with van der Waals surface area (Å²) < 4.78 is 9.75. The SMILES string of the molecule is CBc1cn2c(-c3cnn(COCC[Si](C)(C)C)c3)cnc2c(SC)n1. The van der Waals surface area contributed by atoms with Crippen molar-refractivity contribution in [3.8, 4) is 11.3 Å². The standard InChI is InChI=1S/C17H26BN5OSSi/c1-18-15-11-23-14(9-19-16(23)17(21-15)25-2)13-8-20-22(10-13)12-24-6-7-26(3,4)5/h8-11,18H,6-7,12H2,1-5H3. The van der Waals surface area contributed by atoms with Crippen LogP contribution in [0.3, 0.4) is 0 Å². The topological polar surface area (TPSA) is 57.2 Å². The van der Waals surface area contributed by atoms with Crippen molar-refractivity contribution >= 4 is 38.4 Å². The number of nitrogens with zero attached hydrogens (tertiary/aromatic N) is 5. The van der Waals surface area contributed by atoms with Gasteiger partial charge in [-0.25, -0.2) is 9.67 Å². The average molecular weight is 387 g/mol. The van der Waals surface area contributed by atoms with E-state index >= 15 is 0 Å². The van der Waals surface area contributed by atoms with Crippen molar-refractivity contribution in [2.45, 2.75) is 44.3 Å². The molecule has 0 unspecified atom stereocenters. The number of hydrogen-bond acceptors (Lipinski definition) is 5. The smallest absolute Gasteiger partial charge is 0.181 e. The fourth-order valence-electron chi connectivity index (χ4n) is 2.63. The second-order valence-corrected chi connectivity index (χ2v) is 14.0. The molecule has 0 radical (unpaired) electrons. The molecule has 0 aliphatic rings. The Bertz CT molecular complexity index is 889. The summed E-state index contributed by atoms with van der Waals surface area (Å²) in [6.07, 6.45) is 9.88. The molecule has 0 bridgehead atoms. The lowest BCUT2D eigenvalue weighted by Gasteiger charge is -2.15. The molecule has 0 fully saturated rings. The van der Waals surface area contributed by atoms with Crippen molar-refractivity contribution in [3.63, 3.8) is 0 Å². The van der Waals surface area contributed by atoms with E-state index in [4.69, 9.17) is 4.74 Å². The van der Waals surface area contributed by atoms with Gasteiger partial charge in [0.05, 0.1) is 18.1 Å². The first-order valence-corrected chi connectivity index (χ1v) is 13.9. The first kappa shape index (κ1) is 19.2. The van der Waals surface area contributed by atoms with E-state index in [1.165, 1.54) is 6.04 Å². The van der Waals surface area contributed by atoms with Gasteiger partial charge in [-0.05, 0) is 12.3 Å². The van der Waals surface area contributed by atoms with Crippen LogP contribution in [0.2, 0.25) is 32.5 Å². The van der Waals surface area contributed by atoms with E-state index in [-0.39, 0.29) is 0 Å². The number of fused-ring (bicyclic) bond motifs is 1. The van der Waals surface area contributed by atoms with Crippen molar-refractivity contribution in [3.05, 3.63) is 24.8 Å². The fourth-order valence-corrected chi connectivity index (χ4v) is 3.93. The van der Waals surface area contributed by atoms with Crippen LogP contribution in [0.4, 0.5) is 0 Å². The van der Waals surface area contributed by atoms with E-state index in [1.807, 2.05) is 29.5 Å². The number of aromatic nitrogens is 5. The van der Waals surface area contributed by atoms with Crippen molar-refractivity contribution < 1.29 is 4.74 Å². The maximum absolute atomic E-state index is 5.79. The quantitative estimate of drug-likeness (QED) is 0.338. The highest BCUT2D eigenvalue weighted by molar-refractivity contribution is 7.98. The minimum Gasteiger partial charge on any atom is -0.360 e. The molecule has 0 amide bonds. The Balaban J connectivity index is 1.79. The van der Waals surface area contributed by atoms with Crippen LogP contribution in [0.1, 0.15) is 0 Å². The van der Waals surface area contributed by atoms with E-state index in [0.717, 1.165) is 41.4 Å². The third-order valence-corrected chi connectivity index (χ3v) is 6.58. The summed E-state index contributed by atoms with van der Waals surface area (Å²) in [5.74, 6) is 0. The third-order valence-electron chi connectivity index (χ3n) is 4.22. The van der Waals surface area contributed by atoms with Crippen LogP contribution in [0.15, 0.2) is 29.8 Å². The number of rotatable bonds is 8. The van der Waals surface area contributed by atoms with E-state index in [9.17, 15) is 0 Å². The Hall–Kier alpha value is -1.58. The van der Waals surface area contributed by atoms with Crippen molar-refractivity contribution in [2.24, 2.45) is 0 Å². The Morgan fingerprint density at radius 1 is 1.23 bits per heavy atom. The van der Waals surface area contributed by atoms with Gasteiger partial charge in [-0.3, -0.25) is 9.38 Å². The first-order chi connectivity index (χ1) is 12.4. The zero-order valence-electron chi connectivity index (χ0n) is 16.2. The molecule has 3 aromatic heterocycles. The molecule has 0 N–H and O–H groups in total. The largest absolute Gasteiger partial charge is 0.360 e. The highest BCUT2D eigenvalue weighted by Crippen LogP contribution is 2.24. The Morgan fingerprint density at radius 2 is 2.04 bits per heavy atom. The predicted molar refractivity (Wildman–Crippen MR) is 113 cm³/mol. The van der Waals surface area contributed by atoms with E-state index in [0.29, 0.717) is 6.73 Å². The van der Waals surface area contributed by atoms with Crippen LogP contribution in [-0.2, 0) is 11.5 Å². The minimum absolute atomic E-state index is 0.485. The molecule has 3 heterocycles. The van der Waals surface area contributed by atoms with Gasteiger partial charge >= 0.3 is 0 Å². The normalized spacial score (nSPS) is 12.0. The van der Waals surface area contributed by atoms with Gasteiger partial charge in [-0.15, -0.1) is 11.8 Å². The molecule has 6 nitrogen and oxygen atoms in total. The summed E-state index contributed by atoms with van der Waals surface area (Å²) in [6.45, 7) is 10.5. The van der Waals surface area contributed by atoms with Crippen LogP contribution >= 0.6 is 11.8 Å². The molecule has 26 heavy (non-hydrogen) atoms. The van der Waals surface area contributed by atoms with Gasteiger partial charge in [-0.1, -0.05) is 26.5 Å². The first-order valence-electron chi connectivity index (χ1n) is 8.93. The number of ether oxygens (including phenoxy) is 1. The second-order valence-electron chi connectivity index (χ2n) is 7.55. The van der Waals surface area contributed by atoms with E-state index < -0.39 is 8.07 Å². The van der Waals surface area contributed by atoms with Gasteiger partial charge in [-0.2, -0.15) is 5.10 Å². The van der Waals surface area contributed by atoms with Crippen molar-refractivity contribution in [2.75, 3.05) is 12.9 Å². The lowest BCUT2D eigenvalue weighted by atomic mass is 9.78. The van der Waals surface area contributed by atoms with Crippen molar-refractivity contribution in [1.29, 1.82) is 0 Å². The minimum atomic E-state index is -1.06. The molecular formula is C17H26BN5OSSi. The second kappa shape index (κ2) is 7.98. The molecule has 0 aliphatic carbocycles. The molecule has 0 saturated carbocycles. The zero-order chi connectivity index (χ0) is 18.7. The Morgan fingerprint density at radius 3 is 2.73 bits per heavy atom. The molecule has 0 atom stereocenters. The lowest BCUT2D eigenvalue weighted by molar-refractivity contribution is 0.0786. The average Bonchev–Trinajstić information content (AvgIpc) is 3.23. The number of thioether (sulfide) groups is 1. The molecule has 0 saturated heterocycles.